The zero-order valence-electron chi connectivity index (χ0n) is 21.5. The predicted octanol–water partition coefficient (Wildman–Crippen LogP) is 4.90. The fourth-order valence-corrected chi connectivity index (χ4v) is 5.39. The Labute approximate surface area is 219 Å². The number of amides is 2. The second-order valence-corrected chi connectivity index (χ2v) is 9.78. The van der Waals surface area contributed by atoms with Crippen molar-refractivity contribution in [3.8, 4) is 5.75 Å². The summed E-state index contributed by atoms with van der Waals surface area (Å²) in [6.45, 7) is 5.95. The van der Waals surface area contributed by atoms with E-state index in [1.54, 1.807) is 0 Å². The molecule has 192 valence electrons. The van der Waals surface area contributed by atoms with Gasteiger partial charge >= 0.3 is 0 Å². The lowest BCUT2D eigenvalue weighted by Gasteiger charge is -2.41. The molecule has 5 rings (SSSR count). The standard InChI is InChI=1S/C31H35N3O3/c1-2-3-22-37-27-16-14-26(15-17-27)34-29(35)23-28(31(34)36)32-18-20-33(21-19-32)30(24-10-6-4-7-11-24)25-12-8-5-9-13-25/h4-17,28,30H,2-3,18-23H2,1H3/t28-/m0/s1. The largest absolute Gasteiger partial charge is 0.494 e. The van der Waals surface area contributed by atoms with Gasteiger partial charge in [-0.25, -0.2) is 4.90 Å². The minimum atomic E-state index is -0.401. The average Bonchev–Trinajstić information content (AvgIpc) is 3.24. The van der Waals surface area contributed by atoms with E-state index < -0.39 is 6.04 Å². The van der Waals surface area contributed by atoms with Gasteiger partial charge in [0.05, 0.1) is 30.8 Å². The summed E-state index contributed by atoms with van der Waals surface area (Å²) in [4.78, 5) is 32.3. The van der Waals surface area contributed by atoms with Crippen molar-refractivity contribution >= 4 is 17.5 Å². The minimum Gasteiger partial charge on any atom is -0.494 e. The fourth-order valence-electron chi connectivity index (χ4n) is 5.39. The van der Waals surface area contributed by atoms with Gasteiger partial charge in [-0.3, -0.25) is 19.4 Å². The Hall–Kier alpha value is -3.48. The molecule has 0 bridgehead atoms. The van der Waals surface area contributed by atoms with Crippen molar-refractivity contribution in [2.75, 3.05) is 37.7 Å². The molecular formula is C31H35N3O3. The van der Waals surface area contributed by atoms with E-state index >= 15 is 0 Å². The molecule has 3 aromatic carbocycles. The number of carbonyl (C=O) groups excluding carboxylic acids is 2. The number of hydrogen-bond donors (Lipinski definition) is 0. The van der Waals surface area contributed by atoms with E-state index in [0.717, 1.165) is 44.8 Å². The second-order valence-electron chi connectivity index (χ2n) is 9.78. The van der Waals surface area contributed by atoms with Crippen molar-refractivity contribution in [2.24, 2.45) is 0 Å². The molecule has 0 spiro atoms. The lowest BCUT2D eigenvalue weighted by atomic mass is 9.96. The van der Waals surface area contributed by atoms with Crippen LogP contribution in [-0.4, -0.2) is 60.4 Å². The van der Waals surface area contributed by atoms with Crippen LogP contribution in [0.4, 0.5) is 5.69 Å². The van der Waals surface area contributed by atoms with E-state index in [4.69, 9.17) is 4.74 Å². The van der Waals surface area contributed by atoms with Gasteiger partial charge in [0.2, 0.25) is 5.91 Å². The van der Waals surface area contributed by atoms with Crippen LogP contribution in [0.1, 0.15) is 43.4 Å². The zero-order chi connectivity index (χ0) is 25.6. The highest BCUT2D eigenvalue weighted by Crippen LogP contribution is 2.32. The summed E-state index contributed by atoms with van der Waals surface area (Å²) in [6.07, 6.45) is 2.30. The quantitative estimate of drug-likeness (QED) is 0.311. The molecule has 0 radical (unpaired) electrons. The van der Waals surface area contributed by atoms with Crippen molar-refractivity contribution < 1.29 is 14.3 Å². The van der Waals surface area contributed by atoms with E-state index in [0.29, 0.717) is 12.3 Å². The summed E-state index contributed by atoms with van der Waals surface area (Å²) in [6, 6.07) is 28.2. The maximum atomic E-state index is 13.4. The first-order chi connectivity index (χ1) is 18.2. The number of hydrogen-bond acceptors (Lipinski definition) is 5. The molecule has 6 nitrogen and oxygen atoms in total. The molecule has 2 heterocycles. The van der Waals surface area contributed by atoms with Gasteiger partial charge in [0.1, 0.15) is 5.75 Å². The highest BCUT2D eigenvalue weighted by atomic mass is 16.5. The molecule has 1 atom stereocenters. The second kappa shape index (κ2) is 11.7. The van der Waals surface area contributed by atoms with E-state index in [-0.39, 0.29) is 24.3 Å². The Morgan fingerprint density at radius 2 is 1.41 bits per heavy atom. The van der Waals surface area contributed by atoms with Crippen LogP contribution < -0.4 is 9.64 Å². The molecule has 0 aliphatic carbocycles. The highest BCUT2D eigenvalue weighted by molar-refractivity contribution is 6.22. The maximum Gasteiger partial charge on any atom is 0.251 e. The number of piperazine rings is 1. The number of nitrogens with zero attached hydrogens (tertiary/aromatic N) is 3. The topological polar surface area (TPSA) is 53.1 Å². The van der Waals surface area contributed by atoms with Crippen molar-refractivity contribution in [2.45, 2.75) is 38.3 Å². The first-order valence-corrected chi connectivity index (χ1v) is 13.3. The number of ether oxygens (including phenoxy) is 1. The van der Waals surface area contributed by atoms with Crippen LogP contribution in [0.25, 0.3) is 0 Å². The van der Waals surface area contributed by atoms with Crippen molar-refractivity contribution in [1.29, 1.82) is 0 Å². The van der Waals surface area contributed by atoms with Gasteiger partial charge in [0.25, 0.3) is 5.91 Å². The first-order valence-electron chi connectivity index (χ1n) is 13.3. The number of benzene rings is 3. The summed E-state index contributed by atoms with van der Waals surface area (Å²) in [5.41, 5.74) is 3.15. The van der Waals surface area contributed by atoms with Crippen molar-refractivity contribution in [1.82, 2.24) is 9.80 Å². The molecule has 0 unspecified atom stereocenters. The zero-order valence-corrected chi connectivity index (χ0v) is 21.5. The number of unbranched alkanes of at least 4 members (excludes halogenated alkanes) is 1. The van der Waals surface area contributed by atoms with Gasteiger partial charge < -0.3 is 4.74 Å². The Bertz CT molecular complexity index is 1140. The van der Waals surface area contributed by atoms with E-state index in [9.17, 15) is 9.59 Å². The monoisotopic (exact) mass is 497 g/mol. The van der Waals surface area contributed by atoms with Crippen LogP contribution in [0.15, 0.2) is 84.9 Å². The lowest BCUT2D eigenvalue weighted by molar-refractivity contribution is -0.123. The molecule has 6 heteroatoms. The van der Waals surface area contributed by atoms with Crippen LogP contribution >= 0.6 is 0 Å². The third-order valence-corrected chi connectivity index (χ3v) is 7.37. The summed E-state index contributed by atoms with van der Waals surface area (Å²) < 4.78 is 5.73. The van der Waals surface area contributed by atoms with E-state index in [1.165, 1.54) is 16.0 Å². The van der Waals surface area contributed by atoms with Gasteiger partial charge in [0, 0.05) is 26.2 Å². The third-order valence-electron chi connectivity index (χ3n) is 7.37. The number of rotatable bonds is 9. The normalized spacial score (nSPS) is 19.1. The molecule has 0 aromatic heterocycles. The SMILES string of the molecule is CCCCOc1ccc(N2C(=O)C[C@H](N3CCN(C(c4ccccc4)c4ccccc4)CC3)C2=O)cc1. The van der Waals surface area contributed by atoms with Crippen LogP contribution in [0.5, 0.6) is 5.75 Å². The molecule has 2 saturated heterocycles. The first kappa shape index (κ1) is 25.2. The molecule has 2 aliphatic rings. The van der Waals surface area contributed by atoms with Gasteiger partial charge in [-0.1, -0.05) is 74.0 Å². The van der Waals surface area contributed by atoms with E-state index in [2.05, 4.69) is 65.3 Å². The number of carbonyl (C=O) groups is 2. The Balaban J connectivity index is 1.24. The van der Waals surface area contributed by atoms with Crippen LogP contribution in [0, 0.1) is 0 Å². The summed E-state index contributed by atoms with van der Waals surface area (Å²) in [7, 11) is 0. The molecule has 3 aromatic rings. The summed E-state index contributed by atoms with van der Waals surface area (Å²) in [5.74, 6) is 0.500. The predicted molar refractivity (Wildman–Crippen MR) is 146 cm³/mol. The molecule has 0 saturated carbocycles. The average molecular weight is 498 g/mol. The Morgan fingerprint density at radius 3 is 1.97 bits per heavy atom. The molecule has 2 fully saturated rings. The van der Waals surface area contributed by atoms with Gasteiger partial charge in [-0.05, 0) is 41.8 Å². The van der Waals surface area contributed by atoms with Gasteiger partial charge in [0.15, 0.2) is 0 Å². The molecule has 2 aliphatic heterocycles. The Kier molecular flexibility index (Phi) is 7.97. The van der Waals surface area contributed by atoms with Crippen LogP contribution in [0.2, 0.25) is 0 Å². The number of imide groups is 1. The molecule has 37 heavy (non-hydrogen) atoms. The fraction of sp³-hybridized carbons (Fsp3) is 0.355. The molecule has 2 amide bonds. The van der Waals surface area contributed by atoms with Gasteiger partial charge in [-0.15, -0.1) is 0 Å². The maximum absolute atomic E-state index is 13.4. The smallest absolute Gasteiger partial charge is 0.251 e. The van der Waals surface area contributed by atoms with Crippen molar-refractivity contribution in [3.63, 3.8) is 0 Å². The minimum absolute atomic E-state index is 0.124. The van der Waals surface area contributed by atoms with Crippen molar-refractivity contribution in [3.05, 3.63) is 96.1 Å². The molecular weight excluding hydrogens is 462 g/mol. The van der Waals surface area contributed by atoms with Crippen LogP contribution in [-0.2, 0) is 9.59 Å². The highest BCUT2D eigenvalue weighted by Gasteiger charge is 2.43. The van der Waals surface area contributed by atoms with Crippen LogP contribution in [0.3, 0.4) is 0 Å². The van der Waals surface area contributed by atoms with Gasteiger partial charge in [-0.2, -0.15) is 0 Å². The number of anilines is 1. The third kappa shape index (κ3) is 5.60. The van der Waals surface area contributed by atoms with E-state index in [1.807, 2.05) is 36.4 Å². The lowest BCUT2D eigenvalue weighted by Crippen LogP contribution is -2.53. The molecule has 0 N–H and O–H groups in total. The Morgan fingerprint density at radius 1 is 0.811 bits per heavy atom. The summed E-state index contributed by atoms with van der Waals surface area (Å²) >= 11 is 0. The summed E-state index contributed by atoms with van der Waals surface area (Å²) in [5, 5.41) is 0.